The first-order valence-electron chi connectivity index (χ1n) is 11.4. The van der Waals surface area contributed by atoms with Gasteiger partial charge in [-0.05, 0) is 43.5 Å². The standard InChI is InChI=1S/C23H37N5O.HI/c1-24-23(28-12-9-22(19-28)27-13-15-29-16-14-27)25-17-20-7-3-4-8-21(20)18-26-10-5-2-6-11-26;/h3-4,7-8,22H,2,5-6,9-19H2,1H3,(H,24,25);1H. The molecule has 1 N–H and O–H groups in total. The number of halogens is 1. The Hall–Kier alpha value is -0.900. The van der Waals surface area contributed by atoms with Gasteiger partial charge >= 0.3 is 0 Å². The van der Waals surface area contributed by atoms with Gasteiger partial charge in [-0.15, -0.1) is 24.0 Å². The number of benzene rings is 1. The summed E-state index contributed by atoms with van der Waals surface area (Å²) in [5.41, 5.74) is 2.84. The molecule has 3 saturated heterocycles. The van der Waals surface area contributed by atoms with E-state index in [9.17, 15) is 0 Å². The molecule has 0 bridgehead atoms. The van der Waals surface area contributed by atoms with Crippen LogP contribution in [0.2, 0.25) is 0 Å². The van der Waals surface area contributed by atoms with Crippen LogP contribution in [0.4, 0.5) is 0 Å². The fourth-order valence-electron chi connectivity index (χ4n) is 4.92. The lowest BCUT2D eigenvalue weighted by Crippen LogP contribution is -2.46. The van der Waals surface area contributed by atoms with Crippen molar-refractivity contribution in [3.8, 4) is 0 Å². The number of nitrogens with one attached hydrogen (secondary N) is 1. The molecule has 1 aromatic carbocycles. The first-order chi connectivity index (χ1) is 14.3. The maximum atomic E-state index is 5.51. The van der Waals surface area contributed by atoms with Gasteiger partial charge in [0.05, 0.1) is 13.2 Å². The van der Waals surface area contributed by atoms with Crippen LogP contribution in [0.25, 0.3) is 0 Å². The van der Waals surface area contributed by atoms with Crippen LogP contribution in [0, 0.1) is 0 Å². The van der Waals surface area contributed by atoms with Gasteiger partial charge in [0, 0.05) is 52.4 Å². The summed E-state index contributed by atoms with van der Waals surface area (Å²) in [5.74, 6) is 1.04. The molecular weight excluding hydrogens is 489 g/mol. The number of ether oxygens (including phenoxy) is 1. The second-order valence-corrected chi connectivity index (χ2v) is 8.54. The highest BCUT2D eigenvalue weighted by Gasteiger charge is 2.30. The third kappa shape index (κ3) is 6.31. The topological polar surface area (TPSA) is 43.3 Å². The monoisotopic (exact) mass is 527 g/mol. The molecule has 30 heavy (non-hydrogen) atoms. The van der Waals surface area contributed by atoms with Gasteiger partial charge in [-0.2, -0.15) is 0 Å². The third-order valence-corrected chi connectivity index (χ3v) is 6.63. The lowest BCUT2D eigenvalue weighted by molar-refractivity contribution is 0.0195. The van der Waals surface area contributed by atoms with Crippen LogP contribution in [0.15, 0.2) is 29.3 Å². The molecule has 3 aliphatic heterocycles. The summed E-state index contributed by atoms with van der Waals surface area (Å²) in [5, 5.41) is 3.64. The molecule has 0 radical (unpaired) electrons. The van der Waals surface area contributed by atoms with Gasteiger partial charge in [0.1, 0.15) is 0 Å². The predicted molar refractivity (Wildman–Crippen MR) is 134 cm³/mol. The molecule has 0 aromatic heterocycles. The van der Waals surface area contributed by atoms with Crippen molar-refractivity contribution >= 4 is 29.9 Å². The van der Waals surface area contributed by atoms with Crippen LogP contribution in [0.3, 0.4) is 0 Å². The van der Waals surface area contributed by atoms with E-state index >= 15 is 0 Å². The van der Waals surface area contributed by atoms with Gasteiger partial charge in [-0.3, -0.25) is 14.8 Å². The Bertz CT molecular complexity index is 673. The van der Waals surface area contributed by atoms with Crippen LogP contribution >= 0.6 is 24.0 Å². The van der Waals surface area contributed by atoms with Gasteiger partial charge in [0.15, 0.2) is 5.96 Å². The zero-order valence-corrected chi connectivity index (χ0v) is 20.7. The van der Waals surface area contributed by atoms with Crippen molar-refractivity contribution in [2.45, 2.75) is 44.8 Å². The van der Waals surface area contributed by atoms with Crippen molar-refractivity contribution in [1.29, 1.82) is 0 Å². The van der Waals surface area contributed by atoms with Gasteiger partial charge in [0.25, 0.3) is 0 Å². The Morgan fingerprint density at radius 2 is 1.77 bits per heavy atom. The highest BCUT2D eigenvalue weighted by Crippen LogP contribution is 2.18. The molecular formula is C23H38IN5O. The summed E-state index contributed by atoms with van der Waals surface area (Å²) < 4.78 is 5.51. The summed E-state index contributed by atoms with van der Waals surface area (Å²) >= 11 is 0. The van der Waals surface area contributed by atoms with E-state index in [1.165, 1.54) is 49.9 Å². The highest BCUT2D eigenvalue weighted by molar-refractivity contribution is 14.0. The van der Waals surface area contributed by atoms with Crippen molar-refractivity contribution < 1.29 is 4.74 Å². The third-order valence-electron chi connectivity index (χ3n) is 6.63. The molecule has 1 aromatic rings. The number of likely N-dealkylation sites (tertiary alicyclic amines) is 2. The predicted octanol–water partition coefficient (Wildman–Crippen LogP) is 2.77. The second-order valence-electron chi connectivity index (χ2n) is 8.54. The molecule has 0 amide bonds. The van der Waals surface area contributed by atoms with Gasteiger partial charge in [0.2, 0.25) is 0 Å². The number of hydrogen-bond acceptors (Lipinski definition) is 4. The summed E-state index contributed by atoms with van der Waals surface area (Å²) in [6.45, 7) is 10.4. The quantitative estimate of drug-likeness (QED) is 0.363. The van der Waals surface area contributed by atoms with Crippen LogP contribution in [-0.2, 0) is 17.8 Å². The van der Waals surface area contributed by atoms with E-state index in [2.05, 4.69) is 49.3 Å². The summed E-state index contributed by atoms with van der Waals surface area (Å²) in [7, 11) is 1.91. The van der Waals surface area contributed by atoms with Gasteiger partial charge < -0.3 is 15.0 Å². The SMILES string of the molecule is CN=C(NCc1ccccc1CN1CCCCC1)N1CCC(N2CCOCC2)C1.I. The van der Waals surface area contributed by atoms with E-state index in [1.54, 1.807) is 0 Å². The van der Waals surface area contributed by atoms with Crippen LogP contribution in [-0.4, -0.2) is 86.2 Å². The Labute approximate surface area is 199 Å². The molecule has 1 unspecified atom stereocenters. The Balaban J connectivity index is 0.00000256. The normalized spacial score (nSPS) is 24.0. The van der Waals surface area contributed by atoms with Crippen molar-refractivity contribution in [2.24, 2.45) is 4.99 Å². The van der Waals surface area contributed by atoms with Crippen LogP contribution < -0.4 is 5.32 Å². The lowest BCUT2D eigenvalue weighted by Gasteiger charge is -2.32. The minimum Gasteiger partial charge on any atom is -0.379 e. The van der Waals surface area contributed by atoms with Crippen LogP contribution in [0.5, 0.6) is 0 Å². The molecule has 0 saturated carbocycles. The van der Waals surface area contributed by atoms with Gasteiger partial charge in [-0.1, -0.05) is 30.7 Å². The molecule has 6 nitrogen and oxygen atoms in total. The van der Waals surface area contributed by atoms with Crippen molar-refractivity contribution in [3.63, 3.8) is 0 Å². The molecule has 1 atom stereocenters. The van der Waals surface area contributed by atoms with E-state index in [1.807, 2.05) is 7.05 Å². The number of guanidine groups is 1. The largest absolute Gasteiger partial charge is 0.379 e. The molecule has 168 valence electrons. The number of rotatable bonds is 5. The van der Waals surface area contributed by atoms with E-state index in [-0.39, 0.29) is 24.0 Å². The van der Waals surface area contributed by atoms with Crippen molar-refractivity contribution in [1.82, 2.24) is 20.0 Å². The summed E-state index contributed by atoms with van der Waals surface area (Å²) in [6, 6.07) is 9.51. The number of morpholine rings is 1. The molecule has 3 fully saturated rings. The maximum Gasteiger partial charge on any atom is 0.193 e. The average Bonchev–Trinajstić information content (AvgIpc) is 3.27. The number of aliphatic imine (C=N–C) groups is 1. The molecule has 0 spiro atoms. The minimum absolute atomic E-state index is 0. The fraction of sp³-hybridized carbons (Fsp3) is 0.696. The van der Waals surface area contributed by atoms with Crippen molar-refractivity contribution in [3.05, 3.63) is 35.4 Å². The Kier molecular flexibility index (Phi) is 9.67. The van der Waals surface area contributed by atoms with E-state index < -0.39 is 0 Å². The molecule has 4 rings (SSSR count). The van der Waals surface area contributed by atoms with Gasteiger partial charge in [-0.25, -0.2) is 0 Å². The average molecular weight is 527 g/mol. The zero-order valence-electron chi connectivity index (χ0n) is 18.4. The van der Waals surface area contributed by atoms with Crippen LogP contribution in [0.1, 0.15) is 36.8 Å². The van der Waals surface area contributed by atoms with E-state index in [0.717, 1.165) is 58.4 Å². The summed E-state index contributed by atoms with van der Waals surface area (Å²) in [4.78, 5) is 12.2. The number of hydrogen-bond donors (Lipinski definition) is 1. The Morgan fingerprint density at radius 3 is 2.50 bits per heavy atom. The fourth-order valence-corrected chi connectivity index (χ4v) is 4.92. The molecule has 0 aliphatic carbocycles. The minimum atomic E-state index is 0. The van der Waals surface area contributed by atoms with E-state index in [0.29, 0.717) is 6.04 Å². The summed E-state index contributed by atoms with van der Waals surface area (Å²) in [6.07, 6.45) is 5.28. The molecule has 3 heterocycles. The molecule has 7 heteroatoms. The van der Waals surface area contributed by atoms with E-state index in [4.69, 9.17) is 4.74 Å². The molecule has 3 aliphatic rings. The number of piperidine rings is 1. The first kappa shape index (κ1) is 23.8. The lowest BCUT2D eigenvalue weighted by atomic mass is 10.0. The second kappa shape index (κ2) is 12.2. The highest BCUT2D eigenvalue weighted by atomic mass is 127. The van der Waals surface area contributed by atoms with Crippen molar-refractivity contribution in [2.75, 3.05) is 59.5 Å². The Morgan fingerprint density at radius 1 is 1.03 bits per heavy atom. The number of nitrogens with zero attached hydrogens (tertiary/aromatic N) is 4. The maximum absolute atomic E-state index is 5.51. The smallest absolute Gasteiger partial charge is 0.193 e. The first-order valence-corrected chi connectivity index (χ1v) is 11.4. The zero-order chi connectivity index (χ0) is 19.9.